The highest BCUT2D eigenvalue weighted by atomic mass is 15.3. The summed E-state index contributed by atoms with van der Waals surface area (Å²) >= 11 is 0. The quantitative estimate of drug-likeness (QED) is 0.304. The molecule has 2 N–H and O–H groups in total. The van der Waals surface area contributed by atoms with Crippen molar-refractivity contribution in [2.75, 3.05) is 4.90 Å². The van der Waals surface area contributed by atoms with Gasteiger partial charge in [0.25, 0.3) is 0 Å². The molecule has 8 saturated carbocycles. The molecule has 0 atom stereocenters. The van der Waals surface area contributed by atoms with Crippen LogP contribution in [0.2, 0.25) is 0 Å². The summed E-state index contributed by atoms with van der Waals surface area (Å²) in [7, 11) is 0. The van der Waals surface area contributed by atoms with Crippen LogP contribution >= 0.6 is 0 Å². The van der Waals surface area contributed by atoms with Gasteiger partial charge >= 0.3 is 0 Å². The lowest BCUT2D eigenvalue weighted by Crippen LogP contribution is -2.65. The third-order valence-electron chi connectivity index (χ3n) is 11.9. The molecule has 0 heterocycles. The van der Waals surface area contributed by atoms with Crippen molar-refractivity contribution in [3.63, 3.8) is 0 Å². The Labute approximate surface area is 215 Å². The van der Waals surface area contributed by atoms with E-state index >= 15 is 0 Å². The minimum absolute atomic E-state index is 0.173. The summed E-state index contributed by atoms with van der Waals surface area (Å²) < 4.78 is 0. The van der Waals surface area contributed by atoms with Gasteiger partial charge in [0.1, 0.15) is 0 Å². The lowest BCUT2D eigenvalue weighted by molar-refractivity contribution is -0.0126. The third kappa shape index (κ3) is 2.89. The molecule has 3 heteroatoms. The normalized spacial score (nSPS) is 42.4. The number of hydrogen-bond acceptors (Lipinski definition) is 1. The van der Waals surface area contributed by atoms with Crippen molar-refractivity contribution >= 4 is 34.6 Å². The van der Waals surface area contributed by atoms with Crippen LogP contribution in [0.4, 0.5) is 5.69 Å². The van der Waals surface area contributed by atoms with Crippen molar-refractivity contribution in [2.24, 2.45) is 41.4 Å². The van der Waals surface area contributed by atoms with E-state index in [1.54, 1.807) is 0 Å². The molecule has 11 rings (SSSR count). The highest BCUT2D eigenvalue weighted by Gasteiger charge is 2.54. The van der Waals surface area contributed by atoms with E-state index < -0.39 is 0 Å². The minimum atomic E-state index is 0.173. The van der Waals surface area contributed by atoms with E-state index in [1.807, 2.05) is 0 Å². The first-order valence-electron chi connectivity index (χ1n) is 15.0. The number of rotatable bonds is 3. The van der Waals surface area contributed by atoms with Crippen LogP contribution in [0.1, 0.15) is 81.8 Å². The molecule has 2 aromatic carbocycles. The number of benzene rings is 2. The molecule has 0 aliphatic heterocycles. The predicted octanol–water partition coefficient (Wildman–Crippen LogP) is 7.45. The van der Waals surface area contributed by atoms with E-state index in [-0.39, 0.29) is 5.54 Å². The van der Waals surface area contributed by atoms with Crippen LogP contribution in [0, 0.1) is 46.8 Å². The van der Waals surface area contributed by atoms with Crippen LogP contribution in [0.15, 0.2) is 30.3 Å². The molecule has 0 aromatic heterocycles. The average Bonchev–Trinajstić information content (AvgIpc) is 3.25. The van der Waals surface area contributed by atoms with Gasteiger partial charge in [-0.1, -0.05) is 36.4 Å². The Morgan fingerprint density at radius 2 is 1.31 bits per heavy atom. The van der Waals surface area contributed by atoms with Crippen LogP contribution in [0.3, 0.4) is 0 Å². The number of nitrogens with zero attached hydrogens (tertiary/aromatic N) is 1. The summed E-state index contributed by atoms with van der Waals surface area (Å²) in [6.45, 7) is 0. The van der Waals surface area contributed by atoms with Crippen molar-refractivity contribution in [3.8, 4) is 0 Å². The lowest BCUT2D eigenvalue weighted by atomic mass is 9.53. The Bertz CT molecular complexity index is 1230. The van der Waals surface area contributed by atoms with Crippen LogP contribution in [-0.4, -0.2) is 17.5 Å². The summed E-state index contributed by atoms with van der Waals surface area (Å²) in [6.07, 6.45) is 19.8. The van der Waals surface area contributed by atoms with Gasteiger partial charge in [-0.25, -0.2) is 0 Å². The van der Waals surface area contributed by atoms with Crippen molar-refractivity contribution in [2.45, 2.75) is 82.2 Å². The highest BCUT2D eigenvalue weighted by Crippen LogP contribution is 2.58. The first-order valence-corrected chi connectivity index (χ1v) is 15.0. The molecule has 9 aliphatic carbocycles. The lowest BCUT2D eigenvalue weighted by Gasteiger charge is -2.60. The average molecular weight is 478 g/mol. The Morgan fingerprint density at radius 1 is 0.722 bits per heavy atom. The van der Waals surface area contributed by atoms with Gasteiger partial charge in [0.2, 0.25) is 0 Å². The maximum absolute atomic E-state index is 9.79. The molecule has 0 saturated heterocycles. The molecule has 36 heavy (non-hydrogen) atoms. The highest BCUT2D eigenvalue weighted by molar-refractivity contribution is 6.12. The van der Waals surface area contributed by atoms with Crippen molar-refractivity contribution in [1.29, 1.82) is 5.41 Å². The zero-order chi connectivity index (χ0) is 23.6. The van der Waals surface area contributed by atoms with E-state index in [0.29, 0.717) is 6.04 Å². The Balaban J connectivity index is 1.15. The standard InChI is InChI=1S/C33H39N3/c34-32(35-33-16-21-9-22(17-33)11-23(10-21)18-33)36(31-26-12-19-8-20(14-26)15-27(31)13-19)29-7-6-25-5-4-24-2-1-3-28(29)30(24)25/h1-7,19-23,26-27,31H,8-18H2,(H2,34,35). The van der Waals surface area contributed by atoms with Gasteiger partial charge in [-0.3, -0.25) is 5.41 Å². The van der Waals surface area contributed by atoms with Gasteiger partial charge in [0, 0.05) is 17.0 Å². The third-order valence-corrected chi connectivity index (χ3v) is 11.9. The molecule has 0 spiro atoms. The second-order valence-electron chi connectivity index (χ2n) is 14.2. The van der Waals surface area contributed by atoms with E-state index in [0.717, 1.165) is 47.4 Å². The molecule has 3 nitrogen and oxygen atoms in total. The number of nitrogens with one attached hydrogen (secondary N) is 2. The van der Waals surface area contributed by atoms with E-state index in [2.05, 4.69) is 52.7 Å². The van der Waals surface area contributed by atoms with Crippen LogP contribution in [0.25, 0.3) is 22.9 Å². The maximum atomic E-state index is 9.79. The van der Waals surface area contributed by atoms with Crippen molar-refractivity contribution in [1.82, 2.24) is 5.32 Å². The molecule has 9 aliphatic rings. The predicted molar refractivity (Wildman–Crippen MR) is 148 cm³/mol. The maximum Gasteiger partial charge on any atom is 0.196 e. The monoisotopic (exact) mass is 477 g/mol. The van der Waals surface area contributed by atoms with E-state index in [1.165, 1.54) is 98.2 Å². The molecule has 8 bridgehead atoms. The first-order chi connectivity index (χ1) is 17.6. The topological polar surface area (TPSA) is 39.1 Å². The van der Waals surface area contributed by atoms with E-state index in [9.17, 15) is 5.41 Å². The summed E-state index contributed by atoms with van der Waals surface area (Å²) in [5, 5.41) is 16.6. The van der Waals surface area contributed by atoms with Gasteiger partial charge in [-0.05, 0) is 135 Å². The molecule has 0 radical (unpaired) electrons. The molecule has 0 unspecified atom stereocenters. The van der Waals surface area contributed by atoms with Crippen LogP contribution in [0.5, 0.6) is 0 Å². The fourth-order valence-electron chi connectivity index (χ4n) is 11.4. The summed E-state index contributed by atoms with van der Waals surface area (Å²) in [4.78, 5) is 2.56. The summed E-state index contributed by atoms with van der Waals surface area (Å²) in [5.41, 5.74) is 4.15. The Hall–Kier alpha value is -2.29. The molecule has 0 amide bonds. The van der Waals surface area contributed by atoms with Gasteiger partial charge in [-0.15, -0.1) is 0 Å². The van der Waals surface area contributed by atoms with Crippen LogP contribution in [-0.2, 0) is 0 Å². The number of hydrogen-bond donors (Lipinski definition) is 2. The zero-order valence-corrected chi connectivity index (χ0v) is 21.4. The molecular formula is C33H39N3. The smallest absolute Gasteiger partial charge is 0.196 e. The van der Waals surface area contributed by atoms with Gasteiger partial charge < -0.3 is 10.2 Å². The van der Waals surface area contributed by atoms with Gasteiger partial charge in [0.05, 0.1) is 5.69 Å². The van der Waals surface area contributed by atoms with Crippen molar-refractivity contribution < 1.29 is 0 Å². The fourth-order valence-corrected chi connectivity index (χ4v) is 11.4. The Kier molecular flexibility index (Phi) is 4.13. The summed E-state index contributed by atoms with van der Waals surface area (Å²) in [6, 6.07) is 12.0. The molecule has 186 valence electrons. The SMILES string of the molecule is N=C(NC12CC3CC(CC(C3)C1)C2)N(c1ccc2c3c(cccc13)C=C2)C1C2CC3CC(C2)CC1C3. The second-order valence-corrected chi connectivity index (χ2v) is 14.2. The van der Waals surface area contributed by atoms with Crippen molar-refractivity contribution in [3.05, 3.63) is 41.5 Å². The minimum Gasteiger partial charge on any atom is -0.351 e. The Morgan fingerprint density at radius 3 is 1.94 bits per heavy atom. The second kappa shape index (κ2) is 7.17. The summed E-state index contributed by atoms with van der Waals surface area (Å²) in [5.74, 6) is 6.82. The first kappa shape index (κ1) is 20.7. The molecule has 2 aromatic rings. The number of anilines is 1. The largest absolute Gasteiger partial charge is 0.351 e. The van der Waals surface area contributed by atoms with Crippen LogP contribution < -0.4 is 10.2 Å². The molecular weight excluding hydrogens is 438 g/mol. The van der Waals surface area contributed by atoms with Gasteiger partial charge in [-0.2, -0.15) is 0 Å². The molecule has 8 fully saturated rings. The zero-order valence-electron chi connectivity index (χ0n) is 21.4. The van der Waals surface area contributed by atoms with Gasteiger partial charge in [0.15, 0.2) is 5.96 Å². The van der Waals surface area contributed by atoms with E-state index in [4.69, 9.17) is 0 Å². The fraction of sp³-hybridized carbons (Fsp3) is 0.606. The number of guanidine groups is 1.